The third-order valence-electron chi connectivity index (χ3n) is 3.68. The molecule has 0 saturated carbocycles. The van der Waals surface area contributed by atoms with E-state index in [-0.39, 0.29) is 15.7 Å². The van der Waals surface area contributed by atoms with Crippen molar-refractivity contribution in [2.24, 2.45) is 0 Å². The van der Waals surface area contributed by atoms with Crippen molar-refractivity contribution in [3.8, 4) is 5.06 Å². The summed E-state index contributed by atoms with van der Waals surface area (Å²) in [7, 11) is -3.33. The number of sulfone groups is 1. The molecule has 1 aromatic heterocycles. The molecule has 0 amide bonds. The van der Waals surface area contributed by atoms with E-state index in [0.29, 0.717) is 11.1 Å². The zero-order chi connectivity index (χ0) is 18.4. The number of ether oxygens (including phenoxy) is 2. The van der Waals surface area contributed by atoms with Crippen LogP contribution in [0, 0.1) is 5.82 Å². The maximum Gasteiger partial charge on any atom is 0.375 e. The van der Waals surface area contributed by atoms with Gasteiger partial charge in [-0.05, 0) is 31.5 Å². The third-order valence-corrected chi connectivity index (χ3v) is 5.58. The monoisotopic (exact) mass is 382 g/mol. The summed E-state index contributed by atoms with van der Waals surface area (Å²) >= 11 is 1.02. The van der Waals surface area contributed by atoms with Gasteiger partial charge in [-0.15, -0.1) is 11.3 Å². The Balaban J connectivity index is 2.08. The maximum absolute atomic E-state index is 13.2. The highest BCUT2D eigenvalue weighted by atomic mass is 32.2. The molecule has 0 bridgehead atoms. The number of benzene rings is 1. The Morgan fingerprint density at radius 2 is 1.84 bits per heavy atom. The molecule has 3 rings (SSSR count). The lowest BCUT2D eigenvalue weighted by molar-refractivity contribution is -0.145. The van der Waals surface area contributed by atoms with Crippen LogP contribution in [0.5, 0.6) is 5.06 Å². The van der Waals surface area contributed by atoms with E-state index in [2.05, 4.69) is 0 Å². The highest BCUT2D eigenvalue weighted by molar-refractivity contribution is 7.90. The smallest absolute Gasteiger partial charge is 0.375 e. The van der Waals surface area contributed by atoms with Crippen LogP contribution >= 0.6 is 11.3 Å². The number of carbonyl (C=O) groups is 1. The summed E-state index contributed by atoms with van der Waals surface area (Å²) in [5, 5.41) is 1.49. The molecule has 8 heteroatoms. The predicted molar refractivity (Wildman–Crippen MR) is 91.5 cm³/mol. The van der Waals surface area contributed by atoms with E-state index in [4.69, 9.17) is 9.47 Å². The maximum atomic E-state index is 13.2. The number of carbonyl (C=O) groups excluding carboxylic acids is 1. The molecule has 5 nitrogen and oxygen atoms in total. The van der Waals surface area contributed by atoms with Crippen molar-refractivity contribution in [1.82, 2.24) is 0 Å². The molecule has 2 heterocycles. The molecule has 0 atom stereocenters. The van der Waals surface area contributed by atoms with Gasteiger partial charge in [-0.3, -0.25) is 0 Å². The lowest BCUT2D eigenvalue weighted by atomic mass is 9.92. The van der Waals surface area contributed by atoms with E-state index in [1.165, 1.54) is 23.6 Å². The van der Waals surface area contributed by atoms with E-state index in [0.717, 1.165) is 17.6 Å². The van der Waals surface area contributed by atoms with Crippen LogP contribution < -0.4 is 4.74 Å². The summed E-state index contributed by atoms with van der Waals surface area (Å²) in [4.78, 5) is 12.4. The number of esters is 1. The Morgan fingerprint density at radius 1 is 1.20 bits per heavy atom. The van der Waals surface area contributed by atoms with Crippen LogP contribution in [0.15, 0.2) is 46.4 Å². The Hall–Kier alpha value is -2.19. The third kappa shape index (κ3) is 3.45. The van der Waals surface area contributed by atoms with Gasteiger partial charge in [-0.2, -0.15) is 0 Å². The van der Waals surface area contributed by atoms with Crippen LogP contribution in [0.3, 0.4) is 0 Å². The zero-order valence-corrected chi connectivity index (χ0v) is 15.3. The minimum Gasteiger partial charge on any atom is -0.449 e. The van der Waals surface area contributed by atoms with Crippen LogP contribution in [-0.4, -0.2) is 26.2 Å². The van der Waals surface area contributed by atoms with Crippen LogP contribution in [-0.2, 0) is 19.4 Å². The lowest BCUT2D eigenvalue weighted by Crippen LogP contribution is -2.22. The van der Waals surface area contributed by atoms with Crippen molar-refractivity contribution >= 4 is 32.7 Å². The molecule has 2 aromatic rings. The zero-order valence-electron chi connectivity index (χ0n) is 13.7. The van der Waals surface area contributed by atoms with E-state index in [9.17, 15) is 17.6 Å². The van der Waals surface area contributed by atoms with Gasteiger partial charge in [-0.25, -0.2) is 17.6 Å². The number of hydrogen-bond donors (Lipinski definition) is 0. The molecule has 0 N–H and O–H groups in total. The summed E-state index contributed by atoms with van der Waals surface area (Å²) in [6.07, 6.45) is 1.12. The number of rotatable bonds is 4. The van der Waals surface area contributed by atoms with Crippen LogP contribution in [0.4, 0.5) is 4.39 Å². The summed E-state index contributed by atoms with van der Waals surface area (Å²) in [6.45, 7) is 3.41. The first-order chi connectivity index (χ1) is 11.6. The first kappa shape index (κ1) is 17.6. The van der Waals surface area contributed by atoms with Gasteiger partial charge in [0.25, 0.3) is 0 Å². The van der Waals surface area contributed by atoms with E-state index < -0.39 is 27.2 Å². The largest absolute Gasteiger partial charge is 0.449 e. The number of halogens is 1. The molecule has 0 unspecified atom stereocenters. The summed E-state index contributed by atoms with van der Waals surface area (Å²) in [5.74, 6) is -1.13. The number of hydrogen-bond acceptors (Lipinski definition) is 6. The first-order valence-corrected chi connectivity index (χ1v) is 10.1. The van der Waals surface area contributed by atoms with E-state index >= 15 is 0 Å². The molecule has 0 radical (unpaired) electrons. The fourth-order valence-electron chi connectivity index (χ4n) is 2.59. The van der Waals surface area contributed by atoms with Crippen molar-refractivity contribution in [1.29, 1.82) is 0 Å². The molecule has 1 aliphatic heterocycles. The van der Waals surface area contributed by atoms with Gasteiger partial charge in [0.2, 0.25) is 5.76 Å². The molecule has 25 heavy (non-hydrogen) atoms. The second-order valence-electron chi connectivity index (χ2n) is 6.09. The van der Waals surface area contributed by atoms with Gasteiger partial charge in [0.1, 0.15) is 11.4 Å². The second-order valence-corrected chi connectivity index (χ2v) is 8.98. The summed E-state index contributed by atoms with van der Waals surface area (Å²) in [5.41, 5.74) is 0.107. The van der Waals surface area contributed by atoms with Crippen molar-refractivity contribution in [2.45, 2.75) is 24.3 Å². The average Bonchev–Trinajstić information content (AvgIpc) is 2.99. The van der Waals surface area contributed by atoms with E-state index in [1.54, 1.807) is 26.0 Å². The molecule has 0 spiro atoms. The number of cyclic esters (lactones) is 1. The molecule has 0 fully saturated rings. The predicted octanol–water partition coefficient (Wildman–Crippen LogP) is 3.42. The Labute approximate surface area is 148 Å². The molecule has 0 aliphatic carbocycles. The normalized spacial score (nSPS) is 16.9. The van der Waals surface area contributed by atoms with Gasteiger partial charge in [0.15, 0.2) is 14.9 Å². The molecule has 0 saturated heterocycles. The molecular formula is C17H15FO5S2. The topological polar surface area (TPSA) is 69.7 Å². The summed E-state index contributed by atoms with van der Waals surface area (Å²) < 4.78 is 47.3. The quantitative estimate of drug-likeness (QED) is 0.758. The first-order valence-electron chi connectivity index (χ1n) is 7.28. The highest BCUT2D eigenvalue weighted by Gasteiger charge is 2.43. The van der Waals surface area contributed by atoms with Crippen LogP contribution in [0.25, 0.3) is 5.57 Å². The fourth-order valence-corrected chi connectivity index (χ4v) is 3.83. The highest BCUT2D eigenvalue weighted by Crippen LogP contribution is 2.41. The van der Waals surface area contributed by atoms with Crippen LogP contribution in [0.2, 0.25) is 0 Å². The minimum absolute atomic E-state index is 0.0287. The second kappa shape index (κ2) is 5.96. The van der Waals surface area contributed by atoms with E-state index in [1.807, 2.05) is 0 Å². The van der Waals surface area contributed by atoms with Gasteiger partial charge in [0, 0.05) is 17.7 Å². The van der Waals surface area contributed by atoms with Crippen molar-refractivity contribution in [3.05, 3.63) is 52.9 Å². The van der Waals surface area contributed by atoms with Gasteiger partial charge in [0.05, 0.1) is 10.5 Å². The van der Waals surface area contributed by atoms with Gasteiger partial charge < -0.3 is 9.47 Å². The van der Waals surface area contributed by atoms with Gasteiger partial charge in [-0.1, -0.05) is 12.1 Å². The standard InChI is InChI=1S/C17H15FO5S2/c1-17(2)14(10-4-6-12(7-5-10)25(3,20)21)15(16(19)23-17)22-13-8-11(18)9-24-13/h4-9H,1-3H3. The van der Waals surface area contributed by atoms with Crippen molar-refractivity contribution in [3.63, 3.8) is 0 Å². The minimum atomic E-state index is -3.33. The van der Waals surface area contributed by atoms with Crippen molar-refractivity contribution < 1.29 is 27.1 Å². The molecular weight excluding hydrogens is 367 g/mol. The average molecular weight is 382 g/mol. The number of thiophene rings is 1. The van der Waals surface area contributed by atoms with Crippen LogP contribution in [0.1, 0.15) is 19.4 Å². The molecule has 132 valence electrons. The Kier molecular flexibility index (Phi) is 4.20. The summed E-state index contributed by atoms with van der Waals surface area (Å²) in [6, 6.07) is 7.28. The fraction of sp³-hybridized carbons (Fsp3) is 0.235. The molecule has 1 aliphatic rings. The van der Waals surface area contributed by atoms with Crippen molar-refractivity contribution in [2.75, 3.05) is 6.26 Å². The SMILES string of the molecule is CC1(C)OC(=O)C(Oc2cc(F)cs2)=C1c1ccc(S(C)(=O)=O)cc1. The van der Waals surface area contributed by atoms with Gasteiger partial charge >= 0.3 is 5.97 Å². The molecule has 1 aromatic carbocycles. The lowest BCUT2D eigenvalue weighted by Gasteiger charge is -2.21. The Morgan fingerprint density at radius 3 is 2.36 bits per heavy atom. The Bertz CT molecular complexity index is 969.